The molecule has 3 heteroatoms. The molecule has 0 bridgehead atoms. The number of ether oxygens (including phenoxy) is 2. The van der Waals surface area contributed by atoms with E-state index in [0.717, 1.165) is 13.0 Å². The van der Waals surface area contributed by atoms with Crippen LogP contribution in [-0.2, 0) is 20.9 Å². The maximum Gasteiger partial charge on any atom is 0.309 e. The molecule has 0 radical (unpaired) electrons. The van der Waals surface area contributed by atoms with Gasteiger partial charge >= 0.3 is 5.97 Å². The van der Waals surface area contributed by atoms with Crippen LogP contribution in [0.2, 0.25) is 0 Å². The van der Waals surface area contributed by atoms with Gasteiger partial charge in [0.1, 0.15) is 0 Å². The van der Waals surface area contributed by atoms with Crippen LogP contribution < -0.4 is 0 Å². The molecule has 1 fully saturated rings. The average molecular weight is 344 g/mol. The molecule has 2 rings (SSSR count). The summed E-state index contributed by atoms with van der Waals surface area (Å²) in [4.78, 5) is 11.3. The number of carbonyl (C=O) groups excluding carboxylic acids is 1. The van der Waals surface area contributed by atoms with E-state index < -0.39 is 0 Å². The summed E-state index contributed by atoms with van der Waals surface area (Å²) in [6.07, 6.45) is 9.39. The number of allylic oxidation sites excluding steroid dienone is 1. The van der Waals surface area contributed by atoms with E-state index >= 15 is 0 Å². The second-order valence-electron chi connectivity index (χ2n) is 7.59. The Kier molecular flexibility index (Phi) is 7.70. The molecular formula is C22H32O3. The zero-order valence-electron chi connectivity index (χ0n) is 15.9. The van der Waals surface area contributed by atoms with E-state index in [4.69, 9.17) is 9.47 Å². The molecule has 0 saturated heterocycles. The third-order valence-electron chi connectivity index (χ3n) is 5.68. The summed E-state index contributed by atoms with van der Waals surface area (Å²) in [7, 11) is 1.44. The van der Waals surface area contributed by atoms with Gasteiger partial charge in [-0.3, -0.25) is 4.79 Å². The summed E-state index contributed by atoms with van der Waals surface area (Å²) in [5.41, 5.74) is 1.47. The zero-order chi connectivity index (χ0) is 18.1. The summed E-state index contributed by atoms with van der Waals surface area (Å²) in [5, 5.41) is 0. The molecule has 0 aliphatic heterocycles. The van der Waals surface area contributed by atoms with Crippen LogP contribution >= 0.6 is 0 Å². The molecule has 1 aromatic rings. The first-order valence-corrected chi connectivity index (χ1v) is 9.39. The van der Waals surface area contributed by atoms with E-state index in [1.165, 1.54) is 31.9 Å². The Balaban J connectivity index is 1.80. The Hall–Kier alpha value is -1.61. The predicted molar refractivity (Wildman–Crippen MR) is 101 cm³/mol. The highest BCUT2D eigenvalue weighted by Crippen LogP contribution is 2.47. The van der Waals surface area contributed by atoms with Gasteiger partial charge in [-0.2, -0.15) is 0 Å². The molecule has 25 heavy (non-hydrogen) atoms. The first kappa shape index (κ1) is 19.7. The van der Waals surface area contributed by atoms with Crippen molar-refractivity contribution in [1.82, 2.24) is 0 Å². The summed E-state index contributed by atoms with van der Waals surface area (Å²) >= 11 is 0. The van der Waals surface area contributed by atoms with Gasteiger partial charge in [0.05, 0.1) is 20.1 Å². The fourth-order valence-electron chi connectivity index (χ4n) is 3.89. The number of carbonyl (C=O) groups is 1. The second-order valence-corrected chi connectivity index (χ2v) is 7.59. The highest BCUT2D eigenvalue weighted by molar-refractivity contribution is 5.70. The lowest BCUT2D eigenvalue weighted by Gasteiger charge is -2.44. The minimum atomic E-state index is -0.171. The quantitative estimate of drug-likeness (QED) is 0.371. The monoisotopic (exact) mass is 344 g/mol. The largest absolute Gasteiger partial charge is 0.469 e. The van der Waals surface area contributed by atoms with Crippen molar-refractivity contribution >= 4 is 5.97 Å². The Labute approximate surface area is 152 Å². The van der Waals surface area contributed by atoms with E-state index in [-0.39, 0.29) is 11.4 Å². The van der Waals surface area contributed by atoms with E-state index in [9.17, 15) is 4.79 Å². The fourth-order valence-corrected chi connectivity index (χ4v) is 3.89. The van der Waals surface area contributed by atoms with Crippen LogP contribution in [0.5, 0.6) is 0 Å². The molecule has 0 amide bonds. The summed E-state index contributed by atoms with van der Waals surface area (Å²) < 4.78 is 10.6. The summed E-state index contributed by atoms with van der Waals surface area (Å²) in [6, 6.07) is 10.3. The van der Waals surface area contributed by atoms with Crippen molar-refractivity contribution in [2.75, 3.05) is 13.7 Å². The predicted octanol–water partition coefficient (Wildman–Crippen LogP) is 5.16. The maximum atomic E-state index is 11.3. The molecule has 2 atom stereocenters. The number of esters is 1. The van der Waals surface area contributed by atoms with Gasteiger partial charge < -0.3 is 9.47 Å². The molecule has 1 aliphatic carbocycles. The molecule has 138 valence electrons. The molecule has 0 aromatic heterocycles. The molecule has 0 spiro atoms. The van der Waals surface area contributed by atoms with Crippen molar-refractivity contribution in [2.45, 2.75) is 52.6 Å². The van der Waals surface area contributed by atoms with Gasteiger partial charge in [-0.05, 0) is 42.1 Å². The molecular weight excluding hydrogens is 312 g/mol. The first-order valence-electron chi connectivity index (χ1n) is 9.39. The highest BCUT2D eigenvalue weighted by Gasteiger charge is 2.38. The zero-order valence-corrected chi connectivity index (χ0v) is 15.9. The smallest absolute Gasteiger partial charge is 0.309 e. The van der Waals surface area contributed by atoms with Gasteiger partial charge in [0, 0.05) is 6.61 Å². The number of hydrogen-bond acceptors (Lipinski definition) is 3. The van der Waals surface area contributed by atoms with E-state index in [2.05, 4.69) is 32.1 Å². The number of rotatable bonds is 8. The Morgan fingerprint density at radius 2 is 2.00 bits per heavy atom. The third-order valence-corrected chi connectivity index (χ3v) is 5.68. The maximum absolute atomic E-state index is 11.3. The Morgan fingerprint density at radius 3 is 2.72 bits per heavy atom. The normalized spacial score (nSPS) is 22.8. The molecule has 1 aliphatic rings. The van der Waals surface area contributed by atoms with Crippen LogP contribution in [0.1, 0.15) is 51.5 Å². The van der Waals surface area contributed by atoms with Crippen LogP contribution in [0.15, 0.2) is 42.5 Å². The highest BCUT2D eigenvalue weighted by atomic mass is 16.5. The minimum Gasteiger partial charge on any atom is -0.469 e. The van der Waals surface area contributed by atoms with Crippen LogP contribution in [-0.4, -0.2) is 19.7 Å². The number of hydrogen-bond donors (Lipinski definition) is 0. The van der Waals surface area contributed by atoms with Crippen molar-refractivity contribution in [1.29, 1.82) is 0 Å². The Morgan fingerprint density at radius 1 is 1.24 bits per heavy atom. The van der Waals surface area contributed by atoms with Gasteiger partial charge in [0.25, 0.3) is 0 Å². The van der Waals surface area contributed by atoms with Crippen molar-refractivity contribution in [2.24, 2.45) is 17.3 Å². The topological polar surface area (TPSA) is 35.5 Å². The van der Waals surface area contributed by atoms with Gasteiger partial charge in [-0.15, -0.1) is 0 Å². The minimum absolute atomic E-state index is 0.171. The van der Waals surface area contributed by atoms with Crippen molar-refractivity contribution in [3.05, 3.63) is 48.0 Å². The molecule has 1 saturated carbocycles. The van der Waals surface area contributed by atoms with E-state index in [0.29, 0.717) is 24.9 Å². The second kappa shape index (κ2) is 9.76. The van der Waals surface area contributed by atoms with Gasteiger partial charge in [0.15, 0.2) is 0 Å². The van der Waals surface area contributed by atoms with Crippen LogP contribution in [0.25, 0.3) is 0 Å². The molecule has 0 N–H and O–H groups in total. The lowest BCUT2D eigenvalue weighted by molar-refractivity contribution is -0.139. The standard InChI is InChI=1S/C22H32O3/c1-22(2)19(13-8-14-21(23)24-3)11-7-12-20(22)15-16-25-17-18-9-5-4-6-10-18/h4-6,8-10,13,19-20H,7,11-12,14-17H2,1-3H3/t19-,20+/m1/s1. The van der Waals surface area contributed by atoms with E-state index in [1.807, 2.05) is 24.3 Å². The lowest BCUT2D eigenvalue weighted by Crippen LogP contribution is -2.36. The molecule has 1 aromatic carbocycles. The SMILES string of the molecule is COC(=O)CC=C[C@H]1CCC[C@@H](CCOCc2ccccc2)C1(C)C. The molecule has 0 unspecified atom stereocenters. The summed E-state index contributed by atoms with van der Waals surface area (Å²) in [5.74, 6) is 1.01. The fraction of sp³-hybridized carbons (Fsp3) is 0.591. The van der Waals surface area contributed by atoms with Gasteiger partial charge in [-0.1, -0.05) is 62.8 Å². The van der Waals surface area contributed by atoms with Gasteiger partial charge in [0.2, 0.25) is 0 Å². The van der Waals surface area contributed by atoms with Crippen molar-refractivity contribution in [3.63, 3.8) is 0 Å². The first-order chi connectivity index (χ1) is 12.0. The lowest BCUT2D eigenvalue weighted by atomic mass is 9.61. The van der Waals surface area contributed by atoms with Crippen LogP contribution in [0.3, 0.4) is 0 Å². The van der Waals surface area contributed by atoms with Crippen LogP contribution in [0, 0.1) is 17.3 Å². The number of methoxy groups -OCH3 is 1. The summed E-state index contributed by atoms with van der Waals surface area (Å²) in [6.45, 7) is 6.22. The van der Waals surface area contributed by atoms with Crippen molar-refractivity contribution in [3.8, 4) is 0 Å². The third kappa shape index (κ3) is 6.00. The van der Waals surface area contributed by atoms with Crippen LogP contribution in [0.4, 0.5) is 0 Å². The molecule has 3 nitrogen and oxygen atoms in total. The number of benzene rings is 1. The van der Waals surface area contributed by atoms with E-state index in [1.54, 1.807) is 0 Å². The van der Waals surface area contributed by atoms with Crippen molar-refractivity contribution < 1.29 is 14.3 Å². The average Bonchev–Trinajstić information content (AvgIpc) is 2.61. The Bertz CT molecular complexity index is 548. The molecule has 0 heterocycles. The van der Waals surface area contributed by atoms with Gasteiger partial charge in [-0.25, -0.2) is 0 Å².